The van der Waals surface area contributed by atoms with Gasteiger partial charge >= 0.3 is 6.09 Å². The average molecular weight is 320 g/mol. The fourth-order valence-electron chi connectivity index (χ4n) is 2.53. The molecule has 6 heteroatoms. The van der Waals surface area contributed by atoms with Crippen LogP contribution in [0.25, 0.3) is 0 Å². The second kappa shape index (κ2) is 7.35. The zero-order valence-corrected chi connectivity index (χ0v) is 13.9. The monoisotopic (exact) mass is 320 g/mol. The van der Waals surface area contributed by atoms with Gasteiger partial charge in [0, 0.05) is 13.0 Å². The number of nitrogens with one attached hydrogen (secondary N) is 1. The van der Waals surface area contributed by atoms with Crippen LogP contribution in [-0.2, 0) is 16.0 Å². The molecule has 23 heavy (non-hydrogen) atoms. The molecular formula is C17H24N2O4. The van der Waals surface area contributed by atoms with Gasteiger partial charge in [-0.1, -0.05) is 12.1 Å². The minimum absolute atomic E-state index is 0.0338. The molecule has 0 saturated carbocycles. The van der Waals surface area contributed by atoms with E-state index in [2.05, 4.69) is 5.32 Å². The van der Waals surface area contributed by atoms with E-state index in [9.17, 15) is 9.59 Å². The molecule has 1 aliphatic rings. The Bertz CT molecular complexity index is 571. The number of hydrogen-bond donors (Lipinski definition) is 1. The van der Waals surface area contributed by atoms with Crippen molar-refractivity contribution >= 4 is 12.0 Å². The molecule has 2 amide bonds. The third kappa shape index (κ3) is 4.61. The first kappa shape index (κ1) is 17.1. The lowest BCUT2D eigenvalue weighted by molar-refractivity contribution is -0.121. The smallest absolute Gasteiger partial charge is 0.410 e. The van der Waals surface area contributed by atoms with Crippen molar-refractivity contribution in [3.05, 3.63) is 29.8 Å². The number of amides is 2. The molecule has 6 nitrogen and oxygen atoms in total. The molecule has 0 spiro atoms. The van der Waals surface area contributed by atoms with E-state index in [0.717, 1.165) is 11.3 Å². The molecule has 1 aliphatic heterocycles. The molecule has 1 aromatic rings. The molecule has 1 saturated heterocycles. The number of hydrogen-bond acceptors (Lipinski definition) is 4. The summed E-state index contributed by atoms with van der Waals surface area (Å²) >= 11 is 0. The quantitative estimate of drug-likeness (QED) is 0.834. The van der Waals surface area contributed by atoms with E-state index in [1.165, 1.54) is 0 Å². The number of carbonyl (C=O) groups excluding carboxylic acids is 2. The predicted octanol–water partition coefficient (Wildman–Crippen LogP) is 1.97. The van der Waals surface area contributed by atoms with Crippen LogP contribution in [0.2, 0.25) is 0 Å². The summed E-state index contributed by atoms with van der Waals surface area (Å²) < 4.78 is 10.1. The third-order valence-electron chi connectivity index (χ3n) is 3.98. The Morgan fingerprint density at radius 2 is 2.22 bits per heavy atom. The predicted molar refractivity (Wildman–Crippen MR) is 86.5 cm³/mol. The molecule has 1 N–H and O–H groups in total. The van der Waals surface area contributed by atoms with Crippen LogP contribution in [0.3, 0.4) is 0 Å². The SMILES string of the molecule is COc1cccc(CCC(=O)NCC(C)(C)N2CCOC2=O)c1. The maximum atomic E-state index is 12.0. The third-order valence-corrected chi connectivity index (χ3v) is 3.98. The van der Waals surface area contributed by atoms with Crippen LogP contribution in [-0.4, -0.2) is 49.2 Å². The van der Waals surface area contributed by atoms with E-state index in [1.807, 2.05) is 38.1 Å². The lowest BCUT2D eigenvalue weighted by Crippen LogP contribution is -2.52. The second-order valence-electron chi connectivity index (χ2n) is 6.21. The Morgan fingerprint density at radius 3 is 2.87 bits per heavy atom. The van der Waals surface area contributed by atoms with E-state index in [0.29, 0.717) is 32.5 Å². The highest BCUT2D eigenvalue weighted by Gasteiger charge is 2.35. The zero-order chi connectivity index (χ0) is 16.9. The van der Waals surface area contributed by atoms with E-state index >= 15 is 0 Å². The molecule has 0 atom stereocenters. The van der Waals surface area contributed by atoms with Gasteiger partial charge in [0.1, 0.15) is 12.4 Å². The molecule has 0 aromatic heterocycles. The van der Waals surface area contributed by atoms with Gasteiger partial charge in [0.05, 0.1) is 19.2 Å². The molecule has 126 valence electrons. The highest BCUT2D eigenvalue weighted by atomic mass is 16.6. The van der Waals surface area contributed by atoms with Crippen LogP contribution in [0.1, 0.15) is 25.8 Å². The second-order valence-corrected chi connectivity index (χ2v) is 6.21. The molecule has 2 rings (SSSR count). The van der Waals surface area contributed by atoms with Gasteiger partial charge in [-0.2, -0.15) is 0 Å². The summed E-state index contributed by atoms with van der Waals surface area (Å²) in [5.74, 6) is 0.755. The largest absolute Gasteiger partial charge is 0.497 e. The summed E-state index contributed by atoms with van der Waals surface area (Å²) in [4.78, 5) is 25.3. The van der Waals surface area contributed by atoms with Gasteiger partial charge in [-0.3, -0.25) is 9.69 Å². The number of nitrogens with zero attached hydrogens (tertiary/aromatic N) is 1. The Balaban J connectivity index is 1.79. The number of rotatable bonds is 7. The van der Waals surface area contributed by atoms with Crippen molar-refractivity contribution in [2.75, 3.05) is 26.8 Å². The lowest BCUT2D eigenvalue weighted by Gasteiger charge is -2.33. The van der Waals surface area contributed by atoms with Crippen molar-refractivity contribution in [3.63, 3.8) is 0 Å². The Kier molecular flexibility index (Phi) is 5.47. The fraction of sp³-hybridized carbons (Fsp3) is 0.529. The topological polar surface area (TPSA) is 67.9 Å². The van der Waals surface area contributed by atoms with Crippen molar-refractivity contribution in [1.29, 1.82) is 0 Å². The average Bonchev–Trinajstić information content (AvgIpc) is 2.98. The molecule has 1 fully saturated rings. The maximum Gasteiger partial charge on any atom is 0.410 e. The number of benzene rings is 1. The van der Waals surface area contributed by atoms with Gasteiger partial charge in [-0.05, 0) is 38.0 Å². The Labute approximate surface area is 136 Å². The maximum absolute atomic E-state index is 12.0. The molecule has 0 unspecified atom stereocenters. The summed E-state index contributed by atoms with van der Waals surface area (Å²) in [6.45, 7) is 5.21. The van der Waals surface area contributed by atoms with Gasteiger partial charge in [-0.15, -0.1) is 0 Å². The molecular weight excluding hydrogens is 296 g/mol. The first-order chi connectivity index (χ1) is 10.9. The van der Waals surface area contributed by atoms with Crippen molar-refractivity contribution in [3.8, 4) is 5.75 Å². The molecule has 1 aromatic carbocycles. The first-order valence-corrected chi connectivity index (χ1v) is 7.76. The summed E-state index contributed by atoms with van der Waals surface area (Å²) in [5, 5.41) is 2.90. The van der Waals surface area contributed by atoms with E-state index < -0.39 is 5.54 Å². The number of aryl methyl sites for hydroxylation is 1. The van der Waals surface area contributed by atoms with Crippen LogP contribution in [0, 0.1) is 0 Å². The fourth-order valence-corrected chi connectivity index (χ4v) is 2.53. The normalized spacial score (nSPS) is 14.6. The standard InChI is InChI=1S/C17H24N2O4/c1-17(2,19-9-10-23-16(19)21)12-18-15(20)8-7-13-5-4-6-14(11-13)22-3/h4-6,11H,7-10,12H2,1-3H3,(H,18,20). The Morgan fingerprint density at radius 1 is 1.43 bits per heavy atom. The van der Waals surface area contributed by atoms with E-state index in [-0.39, 0.29) is 12.0 Å². The van der Waals surface area contributed by atoms with Gasteiger partial charge in [0.15, 0.2) is 0 Å². The van der Waals surface area contributed by atoms with Crippen molar-refractivity contribution in [2.24, 2.45) is 0 Å². The van der Waals surface area contributed by atoms with Crippen molar-refractivity contribution < 1.29 is 19.1 Å². The summed E-state index contributed by atoms with van der Waals surface area (Å²) in [6, 6.07) is 7.69. The van der Waals surface area contributed by atoms with E-state index in [4.69, 9.17) is 9.47 Å². The number of ether oxygens (including phenoxy) is 2. The van der Waals surface area contributed by atoms with Crippen molar-refractivity contribution in [1.82, 2.24) is 10.2 Å². The summed E-state index contributed by atoms with van der Waals surface area (Å²) in [7, 11) is 1.62. The van der Waals surface area contributed by atoms with E-state index in [1.54, 1.807) is 12.0 Å². The van der Waals surface area contributed by atoms with Gasteiger partial charge in [0.2, 0.25) is 5.91 Å². The number of cyclic esters (lactones) is 1. The molecule has 0 radical (unpaired) electrons. The highest BCUT2D eigenvalue weighted by molar-refractivity contribution is 5.76. The number of carbonyl (C=O) groups is 2. The van der Waals surface area contributed by atoms with Crippen LogP contribution in [0.15, 0.2) is 24.3 Å². The van der Waals surface area contributed by atoms with Gasteiger partial charge < -0.3 is 14.8 Å². The Hall–Kier alpha value is -2.24. The summed E-state index contributed by atoms with van der Waals surface area (Å²) in [6.07, 6.45) is 0.726. The zero-order valence-electron chi connectivity index (χ0n) is 13.9. The molecule has 0 bridgehead atoms. The minimum Gasteiger partial charge on any atom is -0.497 e. The van der Waals surface area contributed by atoms with Crippen molar-refractivity contribution in [2.45, 2.75) is 32.2 Å². The number of methoxy groups -OCH3 is 1. The highest BCUT2D eigenvalue weighted by Crippen LogP contribution is 2.18. The van der Waals surface area contributed by atoms with Crippen LogP contribution < -0.4 is 10.1 Å². The van der Waals surface area contributed by atoms with Crippen LogP contribution in [0.4, 0.5) is 4.79 Å². The van der Waals surface area contributed by atoms with Crippen LogP contribution in [0.5, 0.6) is 5.75 Å². The first-order valence-electron chi connectivity index (χ1n) is 7.76. The van der Waals surface area contributed by atoms with Crippen LogP contribution >= 0.6 is 0 Å². The van der Waals surface area contributed by atoms with Gasteiger partial charge in [-0.25, -0.2) is 4.79 Å². The molecule has 1 heterocycles. The minimum atomic E-state index is -0.459. The molecule has 0 aliphatic carbocycles. The van der Waals surface area contributed by atoms with Gasteiger partial charge in [0.25, 0.3) is 0 Å². The lowest BCUT2D eigenvalue weighted by atomic mass is 10.0. The summed E-state index contributed by atoms with van der Waals surface area (Å²) in [5.41, 5.74) is 0.598.